The molecule has 0 radical (unpaired) electrons. The molecular formula is C26H31N3O3. The quantitative estimate of drug-likeness (QED) is 0.674. The highest BCUT2D eigenvalue weighted by atomic mass is 16.5. The lowest BCUT2D eigenvalue weighted by Gasteiger charge is -2.38. The topological polar surface area (TPSA) is 53.1 Å². The Labute approximate surface area is 190 Å². The summed E-state index contributed by atoms with van der Waals surface area (Å²) in [6.07, 6.45) is 0. The number of benzene rings is 2. The van der Waals surface area contributed by atoms with Crippen molar-refractivity contribution in [2.45, 2.75) is 33.7 Å². The van der Waals surface area contributed by atoms with E-state index in [2.05, 4.69) is 41.8 Å². The van der Waals surface area contributed by atoms with Crippen molar-refractivity contribution in [3.63, 3.8) is 0 Å². The number of aryl methyl sites for hydroxylation is 1. The lowest BCUT2D eigenvalue weighted by atomic mass is 10.0. The third-order valence-electron chi connectivity index (χ3n) is 6.50. The van der Waals surface area contributed by atoms with Crippen LogP contribution in [0.25, 0.3) is 5.57 Å². The first-order valence-corrected chi connectivity index (χ1v) is 11.2. The second-order valence-corrected chi connectivity index (χ2v) is 8.69. The Morgan fingerprint density at radius 1 is 0.844 bits per heavy atom. The summed E-state index contributed by atoms with van der Waals surface area (Å²) in [7, 11) is 1.59. The van der Waals surface area contributed by atoms with Gasteiger partial charge >= 0.3 is 0 Å². The van der Waals surface area contributed by atoms with Gasteiger partial charge in [0.2, 0.25) is 0 Å². The first-order chi connectivity index (χ1) is 15.3. The van der Waals surface area contributed by atoms with Gasteiger partial charge in [-0.15, -0.1) is 0 Å². The van der Waals surface area contributed by atoms with Gasteiger partial charge in [0, 0.05) is 43.5 Å². The van der Waals surface area contributed by atoms with Crippen molar-refractivity contribution in [3.05, 3.63) is 64.9 Å². The van der Waals surface area contributed by atoms with Crippen molar-refractivity contribution in [2.75, 3.05) is 38.2 Å². The normalized spacial score (nSPS) is 17.1. The Morgan fingerprint density at radius 2 is 1.50 bits per heavy atom. The molecule has 0 saturated carbocycles. The van der Waals surface area contributed by atoms with E-state index in [1.54, 1.807) is 7.11 Å². The van der Waals surface area contributed by atoms with Crippen molar-refractivity contribution in [1.82, 2.24) is 9.80 Å². The third-order valence-corrected chi connectivity index (χ3v) is 6.50. The SMILES string of the molecule is COc1ccccc1C1=C(N2CCN(c3cccc(C)c3C)CC2)C(=O)N(C(C)C)C1=O. The summed E-state index contributed by atoms with van der Waals surface area (Å²) in [5.74, 6) is 0.133. The van der Waals surface area contributed by atoms with E-state index in [0.717, 1.165) is 13.1 Å². The molecule has 2 amide bonds. The Bertz CT molecular complexity index is 1080. The van der Waals surface area contributed by atoms with Crippen molar-refractivity contribution in [3.8, 4) is 5.75 Å². The van der Waals surface area contributed by atoms with Crippen LogP contribution in [0.3, 0.4) is 0 Å². The van der Waals surface area contributed by atoms with Crippen LogP contribution in [0.4, 0.5) is 5.69 Å². The summed E-state index contributed by atoms with van der Waals surface area (Å²) in [4.78, 5) is 32.7. The summed E-state index contributed by atoms with van der Waals surface area (Å²) < 4.78 is 5.53. The summed E-state index contributed by atoms with van der Waals surface area (Å²) in [5, 5.41) is 0. The van der Waals surface area contributed by atoms with E-state index in [4.69, 9.17) is 4.74 Å². The number of hydrogen-bond donors (Lipinski definition) is 0. The number of amides is 2. The summed E-state index contributed by atoms with van der Waals surface area (Å²) in [6.45, 7) is 10.9. The van der Waals surface area contributed by atoms with E-state index < -0.39 is 0 Å². The number of methoxy groups -OCH3 is 1. The molecule has 6 nitrogen and oxygen atoms in total. The van der Waals surface area contributed by atoms with Crippen LogP contribution >= 0.6 is 0 Å². The molecule has 1 fully saturated rings. The predicted octanol–water partition coefficient (Wildman–Crippen LogP) is 3.62. The van der Waals surface area contributed by atoms with Crippen LogP contribution in [-0.2, 0) is 9.59 Å². The van der Waals surface area contributed by atoms with Crippen LogP contribution in [0.5, 0.6) is 5.75 Å². The molecule has 1 saturated heterocycles. The lowest BCUT2D eigenvalue weighted by molar-refractivity contribution is -0.139. The van der Waals surface area contributed by atoms with Crippen LogP contribution in [0.2, 0.25) is 0 Å². The number of carbonyl (C=O) groups excluding carboxylic acids is 2. The van der Waals surface area contributed by atoms with Gasteiger partial charge in [0.25, 0.3) is 11.8 Å². The van der Waals surface area contributed by atoms with E-state index in [-0.39, 0.29) is 17.9 Å². The van der Waals surface area contributed by atoms with Gasteiger partial charge in [-0.2, -0.15) is 0 Å². The molecule has 0 aliphatic carbocycles. The highest BCUT2D eigenvalue weighted by Crippen LogP contribution is 2.37. The van der Waals surface area contributed by atoms with E-state index in [1.807, 2.05) is 38.1 Å². The zero-order chi connectivity index (χ0) is 23.0. The molecule has 0 atom stereocenters. The molecule has 0 N–H and O–H groups in total. The Kier molecular flexibility index (Phi) is 5.96. The van der Waals surface area contributed by atoms with Gasteiger partial charge < -0.3 is 14.5 Å². The zero-order valence-corrected chi connectivity index (χ0v) is 19.5. The van der Waals surface area contributed by atoms with Crippen LogP contribution < -0.4 is 9.64 Å². The van der Waals surface area contributed by atoms with Crippen molar-refractivity contribution < 1.29 is 14.3 Å². The molecule has 2 aliphatic heterocycles. The van der Waals surface area contributed by atoms with Gasteiger partial charge in [-0.3, -0.25) is 14.5 Å². The summed E-state index contributed by atoms with van der Waals surface area (Å²) >= 11 is 0. The molecule has 168 valence electrons. The number of nitrogens with zero attached hydrogens (tertiary/aromatic N) is 3. The van der Waals surface area contributed by atoms with Gasteiger partial charge in [0.15, 0.2) is 0 Å². The van der Waals surface area contributed by atoms with E-state index >= 15 is 0 Å². The van der Waals surface area contributed by atoms with Gasteiger partial charge in [0.1, 0.15) is 11.4 Å². The third kappa shape index (κ3) is 3.64. The van der Waals surface area contributed by atoms with Crippen LogP contribution in [-0.4, -0.2) is 60.9 Å². The Hall–Kier alpha value is -3.28. The number of ether oxygens (including phenoxy) is 1. The van der Waals surface area contributed by atoms with Gasteiger partial charge in [-0.1, -0.05) is 30.3 Å². The molecule has 4 rings (SSSR count). The Morgan fingerprint density at radius 3 is 2.16 bits per heavy atom. The monoisotopic (exact) mass is 433 g/mol. The molecular weight excluding hydrogens is 402 g/mol. The first-order valence-electron chi connectivity index (χ1n) is 11.2. The highest BCUT2D eigenvalue weighted by molar-refractivity contribution is 6.36. The molecule has 0 aromatic heterocycles. The smallest absolute Gasteiger partial charge is 0.278 e. The fraction of sp³-hybridized carbons (Fsp3) is 0.385. The van der Waals surface area contributed by atoms with E-state index in [0.29, 0.717) is 35.7 Å². The minimum atomic E-state index is -0.249. The van der Waals surface area contributed by atoms with Crippen LogP contribution in [0, 0.1) is 13.8 Å². The average Bonchev–Trinajstić information content (AvgIpc) is 3.05. The molecule has 32 heavy (non-hydrogen) atoms. The zero-order valence-electron chi connectivity index (χ0n) is 19.5. The van der Waals surface area contributed by atoms with Crippen molar-refractivity contribution in [2.24, 2.45) is 0 Å². The summed E-state index contributed by atoms with van der Waals surface area (Å²) in [6, 6.07) is 13.6. The molecule has 6 heteroatoms. The van der Waals surface area contributed by atoms with Gasteiger partial charge in [0.05, 0.1) is 12.7 Å². The number of imide groups is 1. The number of para-hydroxylation sites is 1. The number of carbonyl (C=O) groups is 2. The first kappa shape index (κ1) is 21.9. The molecule has 0 spiro atoms. The molecule has 2 aromatic carbocycles. The lowest BCUT2D eigenvalue weighted by Crippen LogP contribution is -2.48. The average molecular weight is 434 g/mol. The largest absolute Gasteiger partial charge is 0.496 e. The van der Waals surface area contributed by atoms with E-state index in [9.17, 15) is 9.59 Å². The molecule has 2 heterocycles. The van der Waals surface area contributed by atoms with E-state index in [1.165, 1.54) is 21.7 Å². The highest BCUT2D eigenvalue weighted by Gasteiger charge is 2.44. The van der Waals surface area contributed by atoms with Crippen molar-refractivity contribution in [1.29, 1.82) is 0 Å². The predicted molar refractivity (Wildman–Crippen MR) is 127 cm³/mol. The van der Waals surface area contributed by atoms with Gasteiger partial charge in [-0.05, 0) is 51.0 Å². The Balaban J connectivity index is 1.69. The maximum absolute atomic E-state index is 13.4. The fourth-order valence-corrected chi connectivity index (χ4v) is 4.64. The minimum Gasteiger partial charge on any atom is -0.496 e. The molecule has 0 unspecified atom stereocenters. The fourth-order valence-electron chi connectivity index (χ4n) is 4.64. The van der Waals surface area contributed by atoms with Crippen LogP contribution in [0.1, 0.15) is 30.5 Å². The second-order valence-electron chi connectivity index (χ2n) is 8.69. The standard InChI is InChI=1S/C26H31N3O3/c1-17(2)29-25(30)23(20-10-6-7-12-22(20)32-5)24(26(29)31)28-15-13-27(14-16-28)21-11-8-9-18(3)19(21)4/h6-12,17H,13-16H2,1-5H3. The number of hydrogen-bond acceptors (Lipinski definition) is 5. The molecule has 2 aliphatic rings. The maximum Gasteiger partial charge on any atom is 0.278 e. The second kappa shape index (κ2) is 8.69. The minimum absolute atomic E-state index is 0.214. The maximum atomic E-state index is 13.4. The number of piperazine rings is 1. The summed E-state index contributed by atoms with van der Waals surface area (Å²) in [5.41, 5.74) is 5.41. The van der Waals surface area contributed by atoms with Crippen molar-refractivity contribution >= 4 is 23.1 Å². The number of rotatable bonds is 5. The van der Waals surface area contributed by atoms with Gasteiger partial charge in [-0.25, -0.2) is 0 Å². The molecule has 2 aromatic rings. The molecule has 0 bridgehead atoms. The van der Waals surface area contributed by atoms with Crippen LogP contribution in [0.15, 0.2) is 48.2 Å². The number of anilines is 1.